The second-order valence-corrected chi connectivity index (χ2v) is 5.03. The van der Waals surface area contributed by atoms with E-state index in [2.05, 4.69) is 11.9 Å². The van der Waals surface area contributed by atoms with Gasteiger partial charge in [0.2, 0.25) is 0 Å². The van der Waals surface area contributed by atoms with Gasteiger partial charge in [-0.25, -0.2) is 0 Å². The molecule has 0 atom stereocenters. The van der Waals surface area contributed by atoms with Crippen LogP contribution >= 0.6 is 0 Å². The van der Waals surface area contributed by atoms with E-state index in [1.807, 2.05) is 6.92 Å². The Labute approximate surface area is 132 Å². The number of hydrogen-bond donors (Lipinski definition) is 0. The molecule has 0 N–H and O–H groups in total. The Hall–Kier alpha value is -1.95. The number of benzene rings is 1. The summed E-state index contributed by atoms with van der Waals surface area (Å²) in [6, 6.07) is 4.76. The van der Waals surface area contributed by atoms with E-state index in [0.717, 1.165) is 11.8 Å². The van der Waals surface area contributed by atoms with Crippen molar-refractivity contribution in [2.75, 3.05) is 27.2 Å². The van der Waals surface area contributed by atoms with Crippen molar-refractivity contribution in [1.82, 2.24) is 4.90 Å². The summed E-state index contributed by atoms with van der Waals surface area (Å²) in [6.45, 7) is 5.94. The number of aryl methyl sites for hydroxylation is 1. The summed E-state index contributed by atoms with van der Waals surface area (Å²) >= 11 is 0. The SMILES string of the molecule is CC=O.CN1CCCCC1.COc1cc(C)ccc1[N+](=O)[O-]. The molecule has 0 aliphatic carbocycles. The van der Waals surface area contributed by atoms with Gasteiger partial charge in [0.25, 0.3) is 0 Å². The van der Waals surface area contributed by atoms with Crippen LogP contribution in [-0.2, 0) is 4.79 Å². The Morgan fingerprint density at radius 1 is 1.27 bits per heavy atom. The molecule has 6 heteroatoms. The molecule has 1 heterocycles. The van der Waals surface area contributed by atoms with Gasteiger partial charge >= 0.3 is 5.69 Å². The van der Waals surface area contributed by atoms with Crippen molar-refractivity contribution in [3.63, 3.8) is 0 Å². The Bertz CT molecular complexity index is 457. The molecule has 1 aromatic carbocycles. The third kappa shape index (κ3) is 8.36. The molecule has 1 fully saturated rings. The molecule has 0 bridgehead atoms. The third-order valence-electron chi connectivity index (χ3n) is 3.11. The van der Waals surface area contributed by atoms with Gasteiger partial charge in [0.05, 0.1) is 12.0 Å². The first-order chi connectivity index (χ1) is 10.5. The lowest BCUT2D eigenvalue weighted by molar-refractivity contribution is -0.385. The molecule has 6 nitrogen and oxygen atoms in total. The fraction of sp³-hybridized carbons (Fsp3) is 0.562. The highest BCUT2D eigenvalue weighted by Crippen LogP contribution is 2.26. The van der Waals surface area contributed by atoms with Crippen molar-refractivity contribution >= 4 is 12.0 Å². The molecule has 0 saturated carbocycles. The molecule has 0 unspecified atom stereocenters. The van der Waals surface area contributed by atoms with Gasteiger partial charge in [-0.3, -0.25) is 10.1 Å². The normalized spacial score (nSPS) is 13.8. The van der Waals surface area contributed by atoms with Crippen molar-refractivity contribution in [2.24, 2.45) is 0 Å². The first-order valence-corrected chi connectivity index (χ1v) is 7.33. The molecule has 124 valence electrons. The highest BCUT2D eigenvalue weighted by Gasteiger charge is 2.12. The maximum atomic E-state index is 10.4. The molecule has 1 aliphatic heterocycles. The fourth-order valence-electron chi connectivity index (χ4n) is 1.99. The van der Waals surface area contributed by atoms with Crippen LogP contribution in [0.4, 0.5) is 5.69 Å². The number of nitro benzene ring substituents is 1. The van der Waals surface area contributed by atoms with E-state index < -0.39 is 4.92 Å². The van der Waals surface area contributed by atoms with Crippen LogP contribution in [0.3, 0.4) is 0 Å². The van der Waals surface area contributed by atoms with Crippen molar-refractivity contribution in [3.8, 4) is 5.75 Å². The van der Waals surface area contributed by atoms with Crippen LogP contribution < -0.4 is 4.74 Å². The second kappa shape index (κ2) is 11.7. The Kier molecular flexibility index (Phi) is 10.6. The number of ether oxygens (including phenoxy) is 1. The molecule has 0 aromatic heterocycles. The van der Waals surface area contributed by atoms with Crippen LogP contribution in [0.5, 0.6) is 5.75 Å². The number of carbonyl (C=O) groups excluding carboxylic acids is 1. The van der Waals surface area contributed by atoms with E-state index in [4.69, 9.17) is 9.53 Å². The topological polar surface area (TPSA) is 72.7 Å². The van der Waals surface area contributed by atoms with Crippen LogP contribution in [0.1, 0.15) is 31.7 Å². The van der Waals surface area contributed by atoms with E-state index in [0.29, 0.717) is 5.75 Å². The van der Waals surface area contributed by atoms with Crippen molar-refractivity contribution in [3.05, 3.63) is 33.9 Å². The maximum absolute atomic E-state index is 10.4. The van der Waals surface area contributed by atoms with E-state index in [1.54, 1.807) is 12.1 Å². The number of piperidine rings is 1. The highest BCUT2D eigenvalue weighted by molar-refractivity contribution is 5.48. The van der Waals surface area contributed by atoms with Crippen LogP contribution in [0.2, 0.25) is 0 Å². The summed E-state index contributed by atoms with van der Waals surface area (Å²) in [5.41, 5.74) is 0.945. The predicted octanol–water partition coefficient (Wildman–Crippen LogP) is 3.22. The molecule has 1 aromatic rings. The largest absolute Gasteiger partial charge is 0.490 e. The monoisotopic (exact) mass is 310 g/mol. The predicted molar refractivity (Wildman–Crippen MR) is 87.5 cm³/mol. The minimum atomic E-state index is -0.460. The third-order valence-corrected chi connectivity index (χ3v) is 3.11. The number of aldehydes is 1. The highest BCUT2D eigenvalue weighted by atomic mass is 16.6. The van der Waals surface area contributed by atoms with Gasteiger partial charge in [-0.15, -0.1) is 0 Å². The number of nitrogens with zero attached hydrogens (tertiary/aromatic N) is 2. The smallest absolute Gasteiger partial charge is 0.310 e. The number of hydrogen-bond acceptors (Lipinski definition) is 5. The van der Waals surface area contributed by atoms with Crippen LogP contribution in [-0.4, -0.2) is 43.4 Å². The van der Waals surface area contributed by atoms with Gasteiger partial charge in [0, 0.05) is 6.07 Å². The first kappa shape index (κ1) is 20.1. The lowest BCUT2D eigenvalue weighted by Gasteiger charge is -2.20. The van der Waals surface area contributed by atoms with Gasteiger partial charge in [-0.05, 0) is 58.5 Å². The minimum Gasteiger partial charge on any atom is -0.490 e. The zero-order chi connectivity index (χ0) is 17.0. The molecular weight excluding hydrogens is 284 g/mol. The Morgan fingerprint density at radius 2 is 1.82 bits per heavy atom. The van der Waals surface area contributed by atoms with Gasteiger partial charge in [-0.1, -0.05) is 12.5 Å². The number of methoxy groups -OCH3 is 1. The van der Waals surface area contributed by atoms with Gasteiger partial charge < -0.3 is 14.4 Å². The average Bonchev–Trinajstić information content (AvgIpc) is 2.49. The lowest BCUT2D eigenvalue weighted by Crippen LogP contribution is -2.24. The van der Waals surface area contributed by atoms with Crippen molar-refractivity contribution in [1.29, 1.82) is 0 Å². The zero-order valence-corrected chi connectivity index (χ0v) is 13.9. The van der Waals surface area contributed by atoms with Gasteiger partial charge in [-0.2, -0.15) is 0 Å². The molecular formula is C16H26N2O4. The van der Waals surface area contributed by atoms with Crippen molar-refractivity contribution < 1.29 is 14.5 Å². The van der Waals surface area contributed by atoms with E-state index in [1.165, 1.54) is 52.5 Å². The van der Waals surface area contributed by atoms with Crippen LogP contribution in [0, 0.1) is 17.0 Å². The second-order valence-electron chi connectivity index (χ2n) is 5.03. The van der Waals surface area contributed by atoms with E-state index in [-0.39, 0.29) is 5.69 Å². The van der Waals surface area contributed by atoms with E-state index >= 15 is 0 Å². The van der Waals surface area contributed by atoms with Gasteiger partial charge in [0.1, 0.15) is 6.29 Å². The standard InChI is InChI=1S/C8H9NO3.C6H13N.C2H4O/c1-6-3-4-7(9(10)11)8(5-6)12-2;1-7-5-3-2-4-6-7;1-2-3/h3-5H,1-2H3;2-6H2,1H3;2H,1H3. The summed E-state index contributed by atoms with van der Waals surface area (Å²) < 4.78 is 4.85. The molecule has 22 heavy (non-hydrogen) atoms. The molecule has 0 radical (unpaired) electrons. The van der Waals surface area contributed by atoms with Crippen molar-refractivity contribution in [2.45, 2.75) is 33.1 Å². The summed E-state index contributed by atoms with van der Waals surface area (Å²) in [7, 11) is 3.61. The lowest BCUT2D eigenvalue weighted by atomic mass is 10.1. The maximum Gasteiger partial charge on any atom is 0.310 e. The molecule has 1 saturated heterocycles. The summed E-state index contributed by atoms with van der Waals surface area (Å²) in [5, 5.41) is 10.4. The zero-order valence-electron chi connectivity index (χ0n) is 13.9. The van der Waals surface area contributed by atoms with Gasteiger partial charge in [0.15, 0.2) is 5.75 Å². The summed E-state index contributed by atoms with van der Waals surface area (Å²) in [4.78, 5) is 21.2. The quantitative estimate of drug-likeness (QED) is 0.476. The number of nitro groups is 1. The van der Waals surface area contributed by atoms with Crippen LogP contribution in [0.15, 0.2) is 18.2 Å². The minimum absolute atomic E-state index is 0.00287. The van der Waals surface area contributed by atoms with E-state index in [9.17, 15) is 10.1 Å². The number of rotatable bonds is 2. The molecule has 2 rings (SSSR count). The average molecular weight is 310 g/mol. The number of carbonyl (C=O) groups is 1. The Balaban J connectivity index is 0.000000372. The fourth-order valence-corrected chi connectivity index (χ4v) is 1.99. The molecule has 0 amide bonds. The molecule has 1 aliphatic rings. The summed E-state index contributed by atoms with van der Waals surface area (Å²) in [6.07, 6.45) is 5.03. The molecule has 0 spiro atoms. The van der Waals surface area contributed by atoms with Crippen LogP contribution in [0.25, 0.3) is 0 Å². The first-order valence-electron chi connectivity index (χ1n) is 7.33. The summed E-state index contributed by atoms with van der Waals surface area (Å²) in [5.74, 6) is 0.306. The Morgan fingerprint density at radius 3 is 2.18 bits per heavy atom. The number of likely N-dealkylation sites (tertiary alicyclic amines) is 1.